The van der Waals surface area contributed by atoms with Gasteiger partial charge in [-0.15, -0.1) is 0 Å². The molecule has 1 aliphatic rings. The van der Waals surface area contributed by atoms with Crippen molar-refractivity contribution in [3.63, 3.8) is 0 Å². The zero-order valence-electron chi connectivity index (χ0n) is 9.60. The maximum Gasteiger partial charge on any atom is 0.335 e. The van der Waals surface area contributed by atoms with E-state index in [0.29, 0.717) is 6.54 Å². The molecule has 0 aromatic heterocycles. The van der Waals surface area contributed by atoms with Gasteiger partial charge in [0, 0.05) is 18.2 Å². The maximum absolute atomic E-state index is 10.8. The SMILES string of the molecule is O=C(O)c1cccc(NCC2CCCC2O)c1. The van der Waals surface area contributed by atoms with E-state index in [0.717, 1.165) is 24.9 Å². The van der Waals surface area contributed by atoms with Crippen molar-refractivity contribution < 1.29 is 15.0 Å². The van der Waals surface area contributed by atoms with Crippen LogP contribution in [-0.2, 0) is 0 Å². The van der Waals surface area contributed by atoms with Crippen molar-refractivity contribution in [1.82, 2.24) is 0 Å². The van der Waals surface area contributed by atoms with Crippen LogP contribution in [0, 0.1) is 5.92 Å². The van der Waals surface area contributed by atoms with Crippen molar-refractivity contribution in [3.05, 3.63) is 29.8 Å². The summed E-state index contributed by atoms with van der Waals surface area (Å²) in [6.45, 7) is 0.699. The lowest BCUT2D eigenvalue weighted by atomic mass is 10.1. The average molecular weight is 235 g/mol. The summed E-state index contributed by atoms with van der Waals surface area (Å²) in [4.78, 5) is 10.8. The molecule has 4 nitrogen and oxygen atoms in total. The summed E-state index contributed by atoms with van der Waals surface area (Å²) >= 11 is 0. The number of rotatable bonds is 4. The number of carboxylic acid groups (broad SMARTS) is 1. The summed E-state index contributed by atoms with van der Waals surface area (Å²) in [5, 5.41) is 21.7. The molecule has 0 spiro atoms. The first-order valence-electron chi connectivity index (χ1n) is 5.92. The van der Waals surface area contributed by atoms with Crippen LogP contribution < -0.4 is 5.32 Å². The third-order valence-electron chi connectivity index (χ3n) is 3.30. The molecule has 4 heteroatoms. The normalized spacial score (nSPS) is 23.6. The number of aromatic carboxylic acids is 1. The molecule has 17 heavy (non-hydrogen) atoms. The van der Waals surface area contributed by atoms with Crippen molar-refractivity contribution in [2.45, 2.75) is 25.4 Å². The van der Waals surface area contributed by atoms with Crippen molar-refractivity contribution >= 4 is 11.7 Å². The van der Waals surface area contributed by atoms with Crippen molar-refractivity contribution in [1.29, 1.82) is 0 Å². The molecule has 92 valence electrons. The van der Waals surface area contributed by atoms with Crippen LogP contribution in [0.3, 0.4) is 0 Å². The van der Waals surface area contributed by atoms with Gasteiger partial charge in [-0.3, -0.25) is 0 Å². The van der Waals surface area contributed by atoms with Gasteiger partial charge in [0.25, 0.3) is 0 Å². The molecule has 0 bridgehead atoms. The largest absolute Gasteiger partial charge is 0.478 e. The number of carbonyl (C=O) groups is 1. The van der Waals surface area contributed by atoms with E-state index in [-0.39, 0.29) is 17.6 Å². The lowest BCUT2D eigenvalue weighted by Gasteiger charge is -2.16. The molecular formula is C13H17NO3. The number of hydrogen-bond acceptors (Lipinski definition) is 3. The second-order valence-electron chi connectivity index (χ2n) is 4.53. The molecule has 0 saturated heterocycles. The Morgan fingerprint density at radius 3 is 2.88 bits per heavy atom. The third kappa shape index (κ3) is 2.97. The van der Waals surface area contributed by atoms with Crippen molar-refractivity contribution in [2.24, 2.45) is 5.92 Å². The highest BCUT2D eigenvalue weighted by molar-refractivity contribution is 5.88. The number of aliphatic hydroxyl groups is 1. The van der Waals surface area contributed by atoms with Gasteiger partial charge >= 0.3 is 5.97 Å². The Kier molecular flexibility index (Phi) is 3.64. The molecule has 0 heterocycles. The fraction of sp³-hybridized carbons (Fsp3) is 0.462. The number of benzene rings is 1. The molecule has 0 aliphatic heterocycles. The van der Waals surface area contributed by atoms with Gasteiger partial charge in [-0.25, -0.2) is 4.79 Å². The van der Waals surface area contributed by atoms with Gasteiger partial charge in [0.05, 0.1) is 11.7 Å². The molecule has 1 fully saturated rings. The highest BCUT2D eigenvalue weighted by Crippen LogP contribution is 2.25. The number of anilines is 1. The van der Waals surface area contributed by atoms with Crippen molar-refractivity contribution in [3.8, 4) is 0 Å². The van der Waals surface area contributed by atoms with Crippen LogP contribution in [0.4, 0.5) is 5.69 Å². The second kappa shape index (κ2) is 5.19. The fourth-order valence-electron chi connectivity index (χ4n) is 2.27. The van der Waals surface area contributed by atoms with E-state index in [4.69, 9.17) is 5.11 Å². The summed E-state index contributed by atoms with van der Waals surface area (Å²) in [5.74, 6) is -0.641. The van der Waals surface area contributed by atoms with E-state index in [1.165, 1.54) is 0 Å². The molecule has 1 saturated carbocycles. The lowest BCUT2D eigenvalue weighted by Crippen LogP contribution is -2.21. The minimum atomic E-state index is -0.922. The van der Waals surface area contributed by atoms with E-state index in [9.17, 15) is 9.90 Å². The topological polar surface area (TPSA) is 69.6 Å². The molecule has 0 amide bonds. The molecule has 0 radical (unpaired) electrons. The van der Waals surface area contributed by atoms with Crippen LogP contribution >= 0.6 is 0 Å². The molecule has 3 N–H and O–H groups in total. The van der Waals surface area contributed by atoms with E-state index in [2.05, 4.69) is 5.32 Å². The Morgan fingerprint density at radius 2 is 2.24 bits per heavy atom. The summed E-state index contributed by atoms with van der Waals surface area (Å²) in [5.41, 5.74) is 1.07. The highest BCUT2D eigenvalue weighted by atomic mass is 16.4. The third-order valence-corrected chi connectivity index (χ3v) is 3.30. The first-order chi connectivity index (χ1) is 8.16. The molecule has 2 rings (SSSR count). The molecule has 1 aromatic rings. The highest BCUT2D eigenvalue weighted by Gasteiger charge is 2.24. The zero-order chi connectivity index (χ0) is 12.3. The number of nitrogens with one attached hydrogen (secondary N) is 1. The van der Waals surface area contributed by atoms with Crippen LogP contribution in [-0.4, -0.2) is 28.8 Å². The number of carboxylic acids is 1. The predicted molar refractivity (Wildman–Crippen MR) is 65.2 cm³/mol. The lowest BCUT2D eigenvalue weighted by molar-refractivity contribution is 0.0697. The number of hydrogen-bond donors (Lipinski definition) is 3. The van der Waals surface area contributed by atoms with Gasteiger partial charge in [-0.2, -0.15) is 0 Å². The monoisotopic (exact) mass is 235 g/mol. The summed E-state index contributed by atoms with van der Waals surface area (Å²) in [6, 6.07) is 6.74. The zero-order valence-corrected chi connectivity index (χ0v) is 9.60. The molecule has 2 atom stereocenters. The Bertz CT molecular complexity index is 405. The summed E-state index contributed by atoms with van der Waals surface area (Å²) < 4.78 is 0. The van der Waals surface area contributed by atoms with E-state index in [1.807, 2.05) is 6.07 Å². The molecule has 1 aliphatic carbocycles. The quantitative estimate of drug-likeness (QED) is 0.746. The van der Waals surface area contributed by atoms with Crippen molar-refractivity contribution in [2.75, 3.05) is 11.9 Å². The van der Waals surface area contributed by atoms with Crippen LogP contribution in [0.2, 0.25) is 0 Å². The molecular weight excluding hydrogens is 218 g/mol. The fourth-order valence-corrected chi connectivity index (χ4v) is 2.27. The Labute approximate surface area is 100 Å². The minimum absolute atomic E-state index is 0.217. The summed E-state index contributed by atoms with van der Waals surface area (Å²) in [7, 11) is 0. The van der Waals surface area contributed by atoms with Gasteiger partial charge in [-0.1, -0.05) is 12.5 Å². The van der Waals surface area contributed by atoms with Gasteiger partial charge in [0.2, 0.25) is 0 Å². The van der Waals surface area contributed by atoms with E-state index < -0.39 is 5.97 Å². The van der Waals surface area contributed by atoms with E-state index in [1.54, 1.807) is 18.2 Å². The summed E-state index contributed by atoms with van der Waals surface area (Å²) in [6.07, 6.45) is 2.77. The van der Waals surface area contributed by atoms with Crippen LogP contribution in [0.1, 0.15) is 29.6 Å². The van der Waals surface area contributed by atoms with Gasteiger partial charge in [-0.05, 0) is 31.0 Å². The first-order valence-corrected chi connectivity index (χ1v) is 5.92. The smallest absolute Gasteiger partial charge is 0.335 e. The first kappa shape index (κ1) is 11.9. The molecule has 2 unspecified atom stereocenters. The Morgan fingerprint density at radius 1 is 1.41 bits per heavy atom. The minimum Gasteiger partial charge on any atom is -0.478 e. The molecule has 1 aromatic carbocycles. The number of aliphatic hydroxyl groups excluding tert-OH is 1. The standard InChI is InChI=1S/C13H17NO3/c15-12-6-2-4-10(12)8-14-11-5-1-3-9(7-11)13(16)17/h1,3,5,7,10,12,14-15H,2,4,6,8H2,(H,16,17). The van der Waals surface area contributed by atoms with Crippen LogP contribution in [0.25, 0.3) is 0 Å². The van der Waals surface area contributed by atoms with Gasteiger partial charge in [0.1, 0.15) is 0 Å². The maximum atomic E-state index is 10.8. The predicted octanol–water partition coefficient (Wildman–Crippen LogP) is 1.96. The van der Waals surface area contributed by atoms with E-state index >= 15 is 0 Å². The average Bonchev–Trinajstić information content (AvgIpc) is 2.72. The second-order valence-corrected chi connectivity index (χ2v) is 4.53. The van der Waals surface area contributed by atoms with Crippen LogP contribution in [0.5, 0.6) is 0 Å². The van der Waals surface area contributed by atoms with Crippen LogP contribution in [0.15, 0.2) is 24.3 Å². The van der Waals surface area contributed by atoms with Gasteiger partial charge < -0.3 is 15.5 Å². The van der Waals surface area contributed by atoms with Gasteiger partial charge in [0.15, 0.2) is 0 Å². The Hall–Kier alpha value is -1.55. The Balaban J connectivity index is 1.94.